The number of hydrogen-bond acceptors (Lipinski definition) is 2. The summed E-state index contributed by atoms with van der Waals surface area (Å²) in [4.78, 5) is 0. The van der Waals surface area contributed by atoms with Gasteiger partial charge in [-0.05, 0) is 12.1 Å². The van der Waals surface area contributed by atoms with Crippen LogP contribution < -0.4 is 5.14 Å². The zero-order chi connectivity index (χ0) is 8.69. The van der Waals surface area contributed by atoms with E-state index in [9.17, 15) is 4.39 Å². The maximum Gasteiger partial charge on any atom is 0.123 e. The summed E-state index contributed by atoms with van der Waals surface area (Å²) >= 11 is -2.36. The third-order valence-corrected chi connectivity index (χ3v) is 0.733. The number of benzene rings is 1. The molecule has 5 heteroatoms. The van der Waals surface area contributed by atoms with Gasteiger partial charge in [0.05, 0.1) is 0 Å². The van der Waals surface area contributed by atoms with Crippen molar-refractivity contribution in [1.82, 2.24) is 0 Å². The summed E-state index contributed by atoms with van der Waals surface area (Å²) < 4.78 is 29.5. The minimum absolute atomic E-state index is 0.178. The third-order valence-electron chi connectivity index (χ3n) is 0.733. The molecular weight excluding hydrogens is 169 g/mol. The average Bonchev–Trinajstić information content (AvgIpc) is 1.87. The van der Waals surface area contributed by atoms with Crippen LogP contribution in [-0.2, 0) is 11.3 Å². The van der Waals surface area contributed by atoms with Crippen LogP contribution in [0.4, 0.5) is 4.39 Å². The normalized spacial score (nSPS) is 11.2. The minimum Gasteiger partial charge on any atom is -0.760 e. The quantitative estimate of drug-likeness (QED) is 0.587. The first-order valence-electron chi connectivity index (χ1n) is 2.67. The molecule has 0 radical (unpaired) electrons. The van der Waals surface area contributed by atoms with Gasteiger partial charge in [-0.1, -0.05) is 18.2 Å². The Hall–Kier alpha value is -0.780. The molecule has 0 fully saturated rings. The van der Waals surface area contributed by atoms with Crippen molar-refractivity contribution in [1.29, 1.82) is 0 Å². The molecule has 0 amide bonds. The Morgan fingerprint density at radius 2 is 1.73 bits per heavy atom. The second-order valence-electron chi connectivity index (χ2n) is 1.56. The van der Waals surface area contributed by atoms with Gasteiger partial charge in [0.1, 0.15) is 5.82 Å². The van der Waals surface area contributed by atoms with Gasteiger partial charge in [-0.15, -0.1) is 0 Å². The third kappa shape index (κ3) is 9.22. The first-order chi connectivity index (χ1) is 5.13. The highest BCUT2D eigenvalue weighted by Crippen LogP contribution is 1.91. The van der Waals surface area contributed by atoms with Crippen LogP contribution in [0.5, 0.6) is 0 Å². The molecule has 0 heterocycles. The van der Waals surface area contributed by atoms with E-state index in [0.717, 1.165) is 0 Å². The van der Waals surface area contributed by atoms with Crippen molar-refractivity contribution < 1.29 is 13.2 Å². The molecule has 0 saturated carbocycles. The van der Waals surface area contributed by atoms with Crippen LogP contribution >= 0.6 is 0 Å². The SMILES string of the molecule is Fc1ccccc1.NS(=O)[O-]. The predicted octanol–water partition coefficient (Wildman–Crippen LogP) is 0.565. The first-order valence-corrected chi connectivity index (χ1v) is 3.81. The summed E-state index contributed by atoms with van der Waals surface area (Å²) in [5.41, 5.74) is 0. The number of nitrogens with two attached hydrogens (primary N) is 1. The highest BCUT2D eigenvalue weighted by atomic mass is 32.2. The van der Waals surface area contributed by atoms with E-state index in [1.807, 2.05) is 0 Å². The molecule has 0 spiro atoms. The molecule has 62 valence electrons. The average molecular weight is 176 g/mol. The smallest absolute Gasteiger partial charge is 0.123 e. The van der Waals surface area contributed by atoms with Crippen molar-refractivity contribution in [3.05, 3.63) is 36.1 Å². The van der Waals surface area contributed by atoms with E-state index in [1.54, 1.807) is 18.2 Å². The second kappa shape index (κ2) is 5.96. The van der Waals surface area contributed by atoms with Gasteiger partial charge in [-0.25, -0.2) is 4.39 Å². The minimum atomic E-state index is -2.36. The molecule has 0 aliphatic carbocycles. The van der Waals surface area contributed by atoms with E-state index >= 15 is 0 Å². The fraction of sp³-hybridized carbons (Fsp3) is 0. The van der Waals surface area contributed by atoms with E-state index in [4.69, 9.17) is 8.76 Å². The Labute approximate surface area is 66.5 Å². The van der Waals surface area contributed by atoms with Gasteiger partial charge in [0.15, 0.2) is 0 Å². The van der Waals surface area contributed by atoms with Gasteiger partial charge in [-0.2, -0.15) is 0 Å². The van der Waals surface area contributed by atoms with E-state index in [-0.39, 0.29) is 5.82 Å². The topological polar surface area (TPSA) is 66.2 Å². The number of halogens is 1. The summed E-state index contributed by atoms with van der Waals surface area (Å²) in [7, 11) is 0. The molecule has 0 saturated heterocycles. The zero-order valence-corrected chi connectivity index (χ0v) is 6.38. The Morgan fingerprint density at radius 1 is 1.36 bits per heavy atom. The van der Waals surface area contributed by atoms with Gasteiger partial charge in [0.2, 0.25) is 0 Å². The fourth-order valence-electron chi connectivity index (χ4n) is 0.415. The number of rotatable bonds is 0. The summed E-state index contributed by atoms with van der Waals surface area (Å²) in [6, 6.07) is 7.94. The van der Waals surface area contributed by atoms with Gasteiger partial charge in [-0.3, -0.25) is 9.35 Å². The van der Waals surface area contributed by atoms with Crippen molar-refractivity contribution in [3.8, 4) is 0 Å². The Kier molecular flexibility index (Phi) is 5.54. The molecule has 1 atom stereocenters. The zero-order valence-electron chi connectivity index (χ0n) is 5.57. The van der Waals surface area contributed by atoms with Crippen LogP contribution in [0.2, 0.25) is 0 Å². The monoisotopic (exact) mass is 176 g/mol. The molecule has 1 unspecified atom stereocenters. The highest BCUT2D eigenvalue weighted by molar-refractivity contribution is 7.76. The van der Waals surface area contributed by atoms with Gasteiger partial charge in [0, 0.05) is 11.3 Å². The van der Waals surface area contributed by atoms with Crippen LogP contribution in [0, 0.1) is 5.82 Å². The maximum absolute atomic E-state index is 11.9. The molecule has 0 aromatic heterocycles. The standard InChI is InChI=1S/C6H5F.H3NO2S/c7-6-4-2-1-3-5-6;1-4(2)3/h1-5H;1H2,(H,2,3)/p-1. The van der Waals surface area contributed by atoms with Crippen molar-refractivity contribution in [2.45, 2.75) is 0 Å². The molecule has 1 rings (SSSR count). The van der Waals surface area contributed by atoms with E-state index in [1.165, 1.54) is 12.1 Å². The lowest BCUT2D eigenvalue weighted by Crippen LogP contribution is -1.97. The summed E-state index contributed by atoms with van der Waals surface area (Å²) in [6.45, 7) is 0. The van der Waals surface area contributed by atoms with Gasteiger partial charge < -0.3 is 4.55 Å². The number of hydrogen-bond donors (Lipinski definition) is 1. The lowest BCUT2D eigenvalue weighted by Gasteiger charge is -1.85. The van der Waals surface area contributed by atoms with Crippen molar-refractivity contribution in [2.24, 2.45) is 5.14 Å². The van der Waals surface area contributed by atoms with Crippen LogP contribution in [0.15, 0.2) is 30.3 Å². The Morgan fingerprint density at radius 3 is 1.91 bits per heavy atom. The highest BCUT2D eigenvalue weighted by Gasteiger charge is 1.77. The summed E-state index contributed by atoms with van der Waals surface area (Å²) in [6.07, 6.45) is 0. The van der Waals surface area contributed by atoms with Gasteiger partial charge >= 0.3 is 0 Å². The second-order valence-corrected chi connectivity index (χ2v) is 2.08. The Balaban J connectivity index is 0.000000218. The summed E-state index contributed by atoms with van der Waals surface area (Å²) in [5.74, 6) is -0.178. The molecule has 3 nitrogen and oxygen atoms in total. The molecule has 2 N–H and O–H groups in total. The fourth-order valence-corrected chi connectivity index (χ4v) is 0.415. The molecule has 1 aromatic rings. The predicted molar refractivity (Wildman–Crippen MR) is 39.5 cm³/mol. The lowest BCUT2D eigenvalue weighted by atomic mass is 10.4. The molecule has 1 aromatic carbocycles. The van der Waals surface area contributed by atoms with Crippen LogP contribution in [0.3, 0.4) is 0 Å². The molecule has 0 aliphatic heterocycles. The van der Waals surface area contributed by atoms with Crippen molar-refractivity contribution >= 4 is 11.3 Å². The van der Waals surface area contributed by atoms with E-state index < -0.39 is 11.3 Å². The van der Waals surface area contributed by atoms with E-state index in [0.29, 0.717) is 0 Å². The van der Waals surface area contributed by atoms with Crippen LogP contribution in [-0.4, -0.2) is 8.76 Å². The molecule has 0 bridgehead atoms. The largest absolute Gasteiger partial charge is 0.760 e. The van der Waals surface area contributed by atoms with E-state index in [2.05, 4.69) is 5.14 Å². The lowest BCUT2D eigenvalue weighted by molar-refractivity contribution is 0.539. The van der Waals surface area contributed by atoms with Crippen LogP contribution in [0.1, 0.15) is 0 Å². The summed E-state index contributed by atoms with van der Waals surface area (Å²) in [5, 5.41) is 4.03. The molecule has 0 aliphatic rings. The first kappa shape index (κ1) is 10.2. The van der Waals surface area contributed by atoms with Crippen molar-refractivity contribution in [2.75, 3.05) is 0 Å². The maximum atomic E-state index is 11.9. The van der Waals surface area contributed by atoms with Crippen molar-refractivity contribution in [3.63, 3.8) is 0 Å². The molecule has 11 heavy (non-hydrogen) atoms. The van der Waals surface area contributed by atoms with Gasteiger partial charge in [0.25, 0.3) is 0 Å². The molecular formula is C6H7FNO2S-. The Bertz CT molecular complexity index is 213. The van der Waals surface area contributed by atoms with Crippen LogP contribution in [0.25, 0.3) is 0 Å².